The first-order valence-electron chi connectivity index (χ1n) is 6.94. The molecular formula is C15H14ClN3O5. The number of halogens is 1. The maximum Gasteiger partial charge on any atom is 0.270 e. The van der Waals surface area contributed by atoms with Crippen LogP contribution in [-0.2, 0) is 6.54 Å². The van der Waals surface area contributed by atoms with E-state index >= 15 is 0 Å². The Morgan fingerprint density at radius 1 is 1.38 bits per heavy atom. The van der Waals surface area contributed by atoms with Crippen molar-refractivity contribution < 1.29 is 14.8 Å². The largest absolute Gasteiger partial charge is 0.389 e. The molecule has 1 atom stereocenters. The Morgan fingerprint density at radius 3 is 2.79 bits per heavy atom. The number of carbonyl (C=O) groups excluding carboxylic acids is 1. The molecule has 1 amide bonds. The number of pyridine rings is 1. The number of aliphatic hydroxyl groups is 1. The molecule has 126 valence electrons. The van der Waals surface area contributed by atoms with Crippen molar-refractivity contribution in [3.05, 3.63) is 73.6 Å². The van der Waals surface area contributed by atoms with Crippen LogP contribution < -0.4 is 10.9 Å². The number of rotatable bonds is 6. The highest BCUT2D eigenvalue weighted by Crippen LogP contribution is 2.21. The molecule has 0 aliphatic carbocycles. The lowest BCUT2D eigenvalue weighted by Gasteiger charge is -2.13. The Bertz CT molecular complexity index is 821. The minimum absolute atomic E-state index is 0.00260. The van der Waals surface area contributed by atoms with Crippen molar-refractivity contribution in [3.63, 3.8) is 0 Å². The predicted octanol–water partition coefficient (Wildman–Crippen LogP) is 1.20. The molecule has 2 aromatic rings. The lowest BCUT2D eigenvalue weighted by molar-refractivity contribution is -0.384. The van der Waals surface area contributed by atoms with E-state index in [1.807, 2.05) is 0 Å². The van der Waals surface area contributed by atoms with Gasteiger partial charge >= 0.3 is 0 Å². The number of nitrogens with zero attached hydrogens (tertiary/aromatic N) is 2. The second kappa shape index (κ2) is 7.71. The van der Waals surface area contributed by atoms with Gasteiger partial charge in [-0.2, -0.15) is 0 Å². The molecule has 2 rings (SSSR count). The molecule has 0 bridgehead atoms. The van der Waals surface area contributed by atoms with E-state index < -0.39 is 16.9 Å². The number of carbonyl (C=O) groups is 1. The van der Waals surface area contributed by atoms with E-state index in [1.165, 1.54) is 29.0 Å². The van der Waals surface area contributed by atoms with E-state index in [-0.39, 0.29) is 34.9 Å². The summed E-state index contributed by atoms with van der Waals surface area (Å²) in [5, 5.41) is 23.2. The Morgan fingerprint density at radius 2 is 2.12 bits per heavy atom. The second-order valence-electron chi connectivity index (χ2n) is 4.98. The second-order valence-corrected chi connectivity index (χ2v) is 5.38. The lowest BCUT2D eigenvalue weighted by Crippen LogP contribution is -2.36. The Balaban J connectivity index is 2.00. The number of amides is 1. The summed E-state index contributed by atoms with van der Waals surface area (Å²) in [6, 6.07) is 8.09. The number of aromatic nitrogens is 1. The van der Waals surface area contributed by atoms with Crippen LogP contribution >= 0.6 is 11.6 Å². The molecule has 0 radical (unpaired) electrons. The molecule has 0 aliphatic rings. The van der Waals surface area contributed by atoms with Gasteiger partial charge in [0.1, 0.15) is 0 Å². The molecule has 0 saturated heterocycles. The average molecular weight is 352 g/mol. The van der Waals surface area contributed by atoms with Gasteiger partial charge < -0.3 is 15.0 Å². The lowest BCUT2D eigenvalue weighted by atomic mass is 10.2. The normalized spacial score (nSPS) is 11.8. The zero-order valence-electron chi connectivity index (χ0n) is 12.4. The van der Waals surface area contributed by atoms with Crippen LogP contribution in [0.5, 0.6) is 0 Å². The van der Waals surface area contributed by atoms with Gasteiger partial charge in [-0.25, -0.2) is 0 Å². The van der Waals surface area contributed by atoms with Crippen LogP contribution in [0.2, 0.25) is 5.02 Å². The number of nitrogens with one attached hydrogen (secondary N) is 1. The minimum Gasteiger partial charge on any atom is -0.389 e. The molecule has 0 saturated carbocycles. The molecule has 1 aromatic heterocycles. The first-order valence-corrected chi connectivity index (χ1v) is 7.32. The van der Waals surface area contributed by atoms with Gasteiger partial charge in [-0.3, -0.25) is 19.7 Å². The van der Waals surface area contributed by atoms with Crippen LogP contribution in [-0.4, -0.2) is 33.2 Å². The predicted molar refractivity (Wildman–Crippen MR) is 87.1 cm³/mol. The monoisotopic (exact) mass is 351 g/mol. The van der Waals surface area contributed by atoms with Gasteiger partial charge in [0.25, 0.3) is 17.2 Å². The quantitative estimate of drug-likeness (QED) is 0.599. The molecule has 2 N–H and O–H groups in total. The zero-order chi connectivity index (χ0) is 17.7. The summed E-state index contributed by atoms with van der Waals surface area (Å²) < 4.78 is 1.30. The van der Waals surface area contributed by atoms with Crippen molar-refractivity contribution in [3.8, 4) is 0 Å². The maximum absolute atomic E-state index is 12.1. The van der Waals surface area contributed by atoms with Crippen molar-refractivity contribution >= 4 is 23.2 Å². The van der Waals surface area contributed by atoms with Crippen molar-refractivity contribution in [2.45, 2.75) is 12.6 Å². The van der Waals surface area contributed by atoms with Crippen LogP contribution in [0, 0.1) is 10.1 Å². The molecule has 0 spiro atoms. The number of non-ortho nitro benzene ring substituents is 1. The van der Waals surface area contributed by atoms with Crippen molar-refractivity contribution in [1.82, 2.24) is 9.88 Å². The van der Waals surface area contributed by atoms with Gasteiger partial charge in [0.05, 0.1) is 28.2 Å². The third-order valence-corrected chi connectivity index (χ3v) is 3.54. The van der Waals surface area contributed by atoms with Crippen molar-refractivity contribution in [2.24, 2.45) is 0 Å². The summed E-state index contributed by atoms with van der Waals surface area (Å²) in [5.74, 6) is -0.650. The summed E-state index contributed by atoms with van der Waals surface area (Å²) in [7, 11) is 0. The number of benzene rings is 1. The smallest absolute Gasteiger partial charge is 0.270 e. The SMILES string of the molecule is O=C(NCC(O)Cn1ccccc1=O)c1cc([N+](=O)[O-])ccc1Cl. The Labute approximate surface area is 141 Å². The van der Waals surface area contributed by atoms with Crippen molar-refractivity contribution in [2.75, 3.05) is 6.54 Å². The number of hydrogen-bond donors (Lipinski definition) is 2. The topological polar surface area (TPSA) is 114 Å². The first kappa shape index (κ1) is 17.6. The minimum atomic E-state index is -1.01. The highest BCUT2D eigenvalue weighted by Gasteiger charge is 2.17. The summed E-state index contributed by atoms with van der Waals surface area (Å²) >= 11 is 5.87. The van der Waals surface area contributed by atoms with Gasteiger partial charge in [-0.05, 0) is 12.1 Å². The fourth-order valence-corrected chi connectivity index (χ4v) is 2.21. The van der Waals surface area contributed by atoms with Gasteiger partial charge in [0.15, 0.2) is 0 Å². The molecule has 0 fully saturated rings. The summed E-state index contributed by atoms with van der Waals surface area (Å²) in [6.07, 6.45) is 0.511. The summed E-state index contributed by atoms with van der Waals surface area (Å²) in [4.78, 5) is 33.7. The highest BCUT2D eigenvalue weighted by atomic mass is 35.5. The van der Waals surface area contributed by atoms with Crippen LogP contribution in [0.3, 0.4) is 0 Å². The van der Waals surface area contributed by atoms with Crippen LogP contribution in [0.25, 0.3) is 0 Å². The fourth-order valence-electron chi connectivity index (χ4n) is 2.01. The molecule has 9 heteroatoms. The third-order valence-electron chi connectivity index (χ3n) is 3.21. The van der Waals surface area contributed by atoms with E-state index in [0.29, 0.717) is 0 Å². The van der Waals surface area contributed by atoms with E-state index in [1.54, 1.807) is 12.1 Å². The Kier molecular flexibility index (Phi) is 5.67. The summed E-state index contributed by atoms with van der Waals surface area (Å²) in [5.41, 5.74) is -0.597. The van der Waals surface area contributed by atoms with Gasteiger partial charge in [-0.1, -0.05) is 17.7 Å². The average Bonchev–Trinajstić information content (AvgIpc) is 2.55. The van der Waals surface area contributed by atoms with E-state index in [9.17, 15) is 24.8 Å². The summed E-state index contributed by atoms with van der Waals surface area (Å²) in [6.45, 7) is -0.137. The molecule has 1 aromatic carbocycles. The van der Waals surface area contributed by atoms with Crippen molar-refractivity contribution in [1.29, 1.82) is 0 Å². The number of hydrogen-bond acceptors (Lipinski definition) is 5. The molecule has 24 heavy (non-hydrogen) atoms. The molecule has 8 nitrogen and oxygen atoms in total. The highest BCUT2D eigenvalue weighted by molar-refractivity contribution is 6.33. The fraction of sp³-hybridized carbons (Fsp3) is 0.200. The number of nitro benzene ring substituents is 1. The van der Waals surface area contributed by atoms with E-state index in [0.717, 1.165) is 6.07 Å². The van der Waals surface area contributed by atoms with Gasteiger partial charge in [0, 0.05) is 30.9 Å². The molecular weight excluding hydrogens is 338 g/mol. The van der Waals surface area contributed by atoms with E-state index in [2.05, 4.69) is 5.32 Å². The van der Waals surface area contributed by atoms with Gasteiger partial charge in [0.2, 0.25) is 0 Å². The van der Waals surface area contributed by atoms with Crippen LogP contribution in [0.1, 0.15) is 10.4 Å². The molecule has 0 aliphatic heterocycles. The molecule has 1 heterocycles. The van der Waals surface area contributed by atoms with Gasteiger partial charge in [-0.15, -0.1) is 0 Å². The standard InChI is InChI=1S/C15H14ClN3O5/c16-13-5-4-10(19(23)24)7-12(13)15(22)17-8-11(20)9-18-6-2-1-3-14(18)21/h1-7,11,20H,8-9H2,(H,17,22). The number of aliphatic hydroxyl groups excluding tert-OH is 1. The maximum atomic E-state index is 12.1. The number of nitro groups is 1. The third kappa shape index (κ3) is 4.40. The Hall–Kier alpha value is -2.71. The van der Waals surface area contributed by atoms with Crippen LogP contribution in [0.4, 0.5) is 5.69 Å². The van der Waals surface area contributed by atoms with E-state index in [4.69, 9.17) is 11.6 Å². The molecule has 1 unspecified atom stereocenters. The zero-order valence-corrected chi connectivity index (χ0v) is 13.1. The first-order chi connectivity index (χ1) is 11.4. The van der Waals surface area contributed by atoms with Crippen LogP contribution in [0.15, 0.2) is 47.4 Å².